The molecule has 4 N–H and O–H groups in total. The maximum atomic E-state index is 11.1. The van der Waals surface area contributed by atoms with Gasteiger partial charge in [0, 0.05) is 12.8 Å². The van der Waals surface area contributed by atoms with Crippen LogP contribution in [-0.4, -0.2) is 70.0 Å². The van der Waals surface area contributed by atoms with Crippen LogP contribution in [0.1, 0.15) is 26.7 Å². The lowest BCUT2D eigenvalue weighted by Crippen LogP contribution is -2.49. The third-order valence-corrected chi connectivity index (χ3v) is 2.58. The Morgan fingerprint density at radius 1 is 1.00 bits per heavy atom. The molecule has 20 heavy (non-hydrogen) atoms. The van der Waals surface area contributed by atoms with E-state index in [4.69, 9.17) is 9.84 Å². The molecule has 0 spiro atoms. The van der Waals surface area contributed by atoms with Crippen molar-refractivity contribution in [3.63, 3.8) is 0 Å². The van der Waals surface area contributed by atoms with Crippen LogP contribution in [0.2, 0.25) is 0 Å². The van der Waals surface area contributed by atoms with Gasteiger partial charge in [-0.3, -0.25) is 9.59 Å². The highest BCUT2D eigenvalue weighted by molar-refractivity contribution is 5.69. The second-order valence-electron chi connectivity index (χ2n) is 4.15. The summed E-state index contributed by atoms with van der Waals surface area (Å²) in [6, 6.07) is 0. The first-order chi connectivity index (χ1) is 9.37. The minimum atomic E-state index is -1.73. The van der Waals surface area contributed by atoms with E-state index in [1.807, 2.05) is 0 Å². The number of rotatable bonds is 9. The second kappa shape index (κ2) is 9.65. The van der Waals surface area contributed by atoms with Crippen molar-refractivity contribution in [2.75, 3.05) is 13.2 Å². The van der Waals surface area contributed by atoms with Crippen LogP contribution in [0.4, 0.5) is 0 Å². The lowest BCUT2D eigenvalue weighted by Gasteiger charge is -2.27. The summed E-state index contributed by atoms with van der Waals surface area (Å²) in [6.45, 7) is 1.86. The largest absolute Gasteiger partial charge is 0.463 e. The van der Waals surface area contributed by atoms with Crippen LogP contribution in [0, 0.1) is 0 Å². The maximum Gasteiger partial charge on any atom is 0.305 e. The van der Waals surface area contributed by atoms with Crippen molar-refractivity contribution in [1.82, 2.24) is 0 Å². The smallest absolute Gasteiger partial charge is 0.305 e. The zero-order valence-corrected chi connectivity index (χ0v) is 11.6. The second-order valence-corrected chi connectivity index (χ2v) is 4.15. The maximum absolute atomic E-state index is 11.1. The van der Waals surface area contributed by atoms with Gasteiger partial charge in [0.2, 0.25) is 0 Å². The van der Waals surface area contributed by atoms with Crippen LogP contribution in [-0.2, 0) is 19.1 Å². The standard InChI is InChI=1S/C12H22O8/c1-3-9(15)19-6-7(14)11(17)12(18)8(5-13)20-10(16)4-2/h7-8,11-14,17-18H,3-6H2,1-2H3/t7-,8+,11+,12+/m0/s1. The van der Waals surface area contributed by atoms with E-state index < -0.39 is 49.6 Å². The van der Waals surface area contributed by atoms with Crippen LogP contribution >= 0.6 is 0 Å². The molecule has 0 rings (SSSR count). The van der Waals surface area contributed by atoms with E-state index in [-0.39, 0.29) is 12.8 Å². The first-order valence-corrected chi connectivity index (χ1v) is 6.37. The predicted octanol–water partition coefficient (Wildman–Crippen LogP) is -1.66. The molecule has 0 aliphatic carbocycles. The molecule has 0 radical (unpaired) electrons. The molecule has 0 saturated heterocycles. The Bertz CT molecular complexity index is 306. The summed E-state index contributed by atoms with van der Waals surface area (Å²) in [5.41, 5.74) is 0. The summed E-state index contributed by atoms with van der Waals surface area (Å²) in [5, 5.41) is 38.0. The first kappa shape index (κ1) is 18.8. The highest BCUT2D eigenvalue weighted by Crippen LogP contribution is 2.10. The average Bonchev–Trinajstić information content (AvgIpc) is 2.47. The molecular formula is C12H22O8. The SMILES string of the molecule is CCC(=O)OC[C@H](O)[C@@H](O)[C@H](O)[C@@H](CO)OC(=O)CC. The molecule has 0 aliphatic rings. The van der Waals surface area contributed by atoms with Gasteiger partial charge in [-0.05, 0) is 0 Å². The quantitative estimate of drug-likeness (QED) is 0.371. The van der Waals surface area contributed by atoms with Crippen molar-refractivity contribution >= 4 is 11.9 Å². The number of hydrogen-bond donors (Lipinski definition) is 4. The van der Waals surface area contributed by atoms with Crippen molar-refractivity contribution in [3.05, 3.63) is 0 Å². The highest BCUT2D eigenvalue weighted by Gasteiger charge is 2.33. The van der Waals surface area contributed by atoms with Gasteiger partial charge in [0.05, 0.1) is 6.61 Å². The molecule has 0 heterocycles. The number of ether oxygens (including phenoxy) is 2. The number of carbonyl (C=O) groups is 2. The number of aliphatic hydroxyl groups excluding tert-OH is 4. The molecule has 0 fully saturated rings. The Morgan fingerprint density at radius 3 is 2.00 bits per heavy atom. The van der Waals surface area contributed by atoms with E-state index in [0.29, 0.717) is 0 Å². The first-order valence-electron chi connectivity index (χ1n) is 6.37. The van der Waals surface area contributed by atoms with Crippen molar-refractivity contribution < 1.29 is 39.5 Å². The van der Waals surface area contributed by atoms with Gasteiger partial charge in [0.25, 0.3) is 0 Å². The molecule has 0 aromatic carbocycles. The van der Waals surface area contributed by atoms with E-state index in [1.54, 1.807) is 6.92 Å². The third-order valence-electron chi connectivity index (χ3n) is 2.58. The lowest BCUT2D eigenvalue weighted by molar-refractivity contribution is -0.173. The van der Waals surface area contributed by atoms with E-state index in [2.05, 4.69) is 4.74 Å². The monoisotopic (exact) mass is 294 g/mol. The summed E-state index contributed by atoms with van der Waals surface area (Å²) < 4.78 is 9.32. The van der Waals surface area contributed by atoms with Gasteiger partial charge in [-0.1, -0.05) is 13.8 Å². The van der Waals surface area contributed by atoms with Gasteiger partial charge in [0.1, 0.15) is 24.9 Å². The Hall–Kier alpha value is -1.22. The van der Waals surface area contributed by atoms with Gasteiger partial charge in [0.15, 0.2) is 6.10 Å². The molecule has 4 atom stereocenters. The van der Waals surface area contributed by atoms with Gasteiger partial charge in [-0.2, -0.15) is 0 Å². The van der Waals surface area contributed by atoms with E-state index in [0.717, 1.165) is 0 Å². The summed E-state index contributed by atoms with van der Waals surface area (Å²) in [5.74, 6) is -1.23. The van der Waals surface area contributed by atoms with Crippen molar-refractivity contribution in [2.45, 2.75) is 51.1 Å². The number of hydrogen-bond acceptors (Lipinski definition) is 8. The molecule has 0 saturated carbocycles. The zero-order chi connectivity index (χ0) is 15.7. The predicted molar refractivity (Wildman–Crippen MR) is 66.5 cm³/mol. The van der Waals surface area contributed by atoms with Gasteiger partial charge in [-0.25, -0.2) is 0 Å². The molecule has 8 heteroatoms. The molecule has 0 aromatic rings. The molecule has 118 valence electrons. The minimum absolute atomic E-state index is 0.0377. The van der Waals surface area contributed by atoms with Gasteiger partial charge >= 0.3 is 11.9 Å². The summed E-state index contributed by atoms with van der Waals surface area (Å²) in [4.78, 5) is 22.0. The third kappa shape index (κ3) is 6.29. The van der Waals surface area contributed by atoms with Crippen LogP contribution in [0.25, 0.3) is 0 Å². The molecule has 0 bridgehead atoms. The van der Waals surface area contributed by atoms with E-state index in [1.165, 1.54) is 6.92 Å². The highest BCUT2D eigenvalue weighted by atomic mass is 16.6. The van der Waals surface area contributed by atoms with Gasteiger partial charge in [-0.15, -0.1) is 0 Å². The van der Waals surface area contributed by atoms with Crippen LogP contribution < -0.4 is 0 Å². The lowest BCUT2D eigenvalue weighted by atomic mass is 10.0. The van der Waals surface area contributed by atoms with Crippen molar-refractivity contribution in [2.24, 2.45) is 0 Å². The fourth-order valence-corrected chi connectivity index (χ4v) is 1.29. The summed E-state index contributed by atoms with van der Waals surface area (Å²) in [7, 11) is 0. The number of carbonyl (C=O) groups excluding carboxylic acids is 2. The molecular weight excluding hydrogens is 272 g/mol. The molecule has 0 aromatic heterocycles. The topological polar surface area (TPSA) is 134 Å². The molecule has 0 aliphatic heterocycles. The van der Waals surface area contributed by atoms with E-state index >= 15 is 0 Å². The number of esters is 2. The minimum Gasteiger partial charge on any atom is -0.463 e. The fraction of sp³-hybridized carbons (Fsp3) is 0.833. The Morgan fingerprint density at radius 2 is 1.55 bits per heavy atom. The van der Waals surface area contributed by atoms with Crippen LogP contribution in [0.15, 0.2) is 0 Å². The van der Waals surface area contributed by atoms with Crippen LogP contribution in [0.3, 0.4) is 0 Å². The summed E-state index contributed by atoms with van der Waals surface area (Å²) in [6.07, 6.45) is -6.22. The Balaban J connectivity index is 4.43. The molecule has 0 unspecified atom stereocenters. The Kier molecular flexibility index (Phi) is 9.06. The average molecular weight is 294 g/mol. The zero-order valence-electron chi connectivity index (χ0n) is 11.6. The normalized spacial score (nSPS) is 16.9. The Labute approximate surface area is 116 Å². The molecule has 8 nitrogen and oxygen atoms in total. The van der Waals surface area contributed by atoms with E-state index in [9.17, 15) is 24.9 Å². The van der Waals surface area contributed by atoms with Crippen molar-refractivity contribution in [3.8, 4) is 0 Å². The summed E-state index contributed by atoms with van der Waals surface area (Å²) >= 11 is 0. The fourth-order valence-electron chi connectivity index (χ4n) is 1.29. The van der Waals surface area contributed by atoms with Gasteiger partial charge < -0.3 is 29.9 Å². The van der Waals surface area contributed by atoms with Crippen molar-refractivity contribution in [1.29, 1.82) is 0 Å². The number of aliphatic hydroxyl groups is 4. The molecule has 0 amide bonds. The van der Waals surface area contributed by atoms with Crippen LogP contribution in [0.5, 0.6) is 0 Å².